The number of hydrogen-bond donors (Lipinski definition) is 3. The van der Waals surface area contributed by atoms with Crippen LogP contribution in [0.1, 0.15) is 12.5 Å². The Balaban J connectivity index is 2.62. The Hall–Kier alpha value is -2.37. The van der Waals surface area contributed by atoms with Crippen molar-refractivity contribution in [3.05, 3.63) is 23.8 Å². The van der Waals surface area contributed by atoms with Crippen LogP contribution in [0, 0.1) is 12.3 Å². The number of anilines is 1. The van der Waals surface area contributed by atoms with Crippen molar-refractivity contribution >= 4 is 22.8 Å². The lowest BCUT2D eigenvalue weighted by atomic mass is 10.1. The molecule has 0 aliphatic rings. The summed E-state index contributed by atoms with van der Waals surface area (Å²) in [5, 5.41) is 10.6. The van der Waals surface area contributed by atoms with Gasteiger partial charge in [-0.25, -0.2) is 4.98 Å². The number of rotatable bonds is 3. The fourth-order valence-corrected chi connectivity index (χ4v) is 1.69. The smallest absolute Gasteiger partial charge is 0.233 e. The summed E-state index contributed by atoms with van der Waals surface area (Å²) in [6.45, 7) is 4.37. The quantitative estimate of drug-likeness (QED) is 0.564. The first-order valence-electron chi connectivity index (χ1n) is 5.63. The third-order valence-electron chi connectivity index (χ3n) is 2.42. The Kier molecular flexibility index (Phi) is 3.27. The first-order valence-corrected chi connectivity index (χ1v) is 5.63. The highest BCUT2D eigenvalue weighted by molar-refractivity contribution is 5.91. The minimum Gasteiger partial charge on any atom is -0.477 e. The molecule has 0 fully saturated rings. The molecule has 0 saturated carbocycles. The maximum absolute atomic E-state index is 7.21. The van der Waals surface area contributed by atoms with Crippen LogP contribution in [0.2, 0.25) is 0 Å². The third-order valence-corrected chi connectivity index (χ3v) is 2.42. The van der Waals surface area contributed by atoms with Crippen LogP contribution in [0.4, 0.5) is 5.95 Å². The second-order valence-corrected chi connectivity index (χ2v) is 3.80. The van der Waals surface area contributed by atoms with Gasteiger partial charge in [0, 0.05) is 0 Å². The van der Waals surface area contributed by atoms with Crippen LogP contribution in [0.5, 0.6) is 5.88 Å². The number of nitrogens with one attached hydrogen (secondary N) is 2. The van der Waals surface area contributed by atoms with Gasteiger partial charge in [0.25, 0.3) is 0 Å². The van der Waals surface area contributed by atoms with Crippen molar-refractivity contribution in [1.82, 2.24) is 9.97 Å². The molecule has 0 radical (unpaired) electrons. The summed E-state index contributed by atoms with van der Waals surface area (Å²) in [4.78, 5) is 8.54. The first-order chi connectivity index (χ1) is 8.61. The van der Waals surface area contributed by atoms with E-state index >= 15 is 0 Å². The summed E-state index contributed by atoms with van der Waals surface area (Å²) >= 11 is 0. The van der Waals surface area contributed by atoms with Gasteiger partial charge in [0.2, 0.25) is 11.8 Å². The second kappa shape index (κ2) is 4.87. The topological polar surface area (TPSA) is 96.9 Å². The lowest BCUT2D eigenvalue weighted by Crippen LogP contribution is -2.22. The molecule has 0 atom stereocenters. The minimum atomic E-state index is -0.203. The molecule has 6 nitrogen and oxygen atoms in total. The number of para-hydroxylation sites is 1. The molecule has 2 rings (SSSR count). The van der Waals surface area contributed by atoms with Gasteiger partial charge in [-0.1, -0.05) is 12.1 Å². The van der Waals surface area contributed by atoms with Crippen LogP contribution in [0.3, 0.4) is 0 Å². The molecule has 1 aromatic carbocycles. The van der Waals surface area contributed by atoms with Crippen molar-refractivity contribution in [3.63, 3.8) is 0 Å². The predicted octanol–water partition coefficient (Wildman–Crippen LogP) is 1.64. The number of nitrogens with zero attached hydrogens (tertiary/aromatic N) is 2. The van der Waals surface area contributed by atoms with E-state index in [1.165, 1.54) is 0 Å². The Labute approximate surface area is 105 Å². The molecule has 0 aliphatic heterocycles. The van der Waals surface area contributed by atoms with Gasteiger partial charge in [-0.2, -0.15) is 4.98 Å². The fourth-order valence-electron chi connectivity index (χ4n) is 1.69. The molecule has 4 N–H and O–H groups in total. The Morgan fingerprint density at radius 1 is 1.44 bits per heavy atom. The largest absolute Gasteiger partial charge is 0.477 e. The Morgan fingerprint density at radius 3 is 2.89 bits per heavy atom. The molecule has 1 aromatic heterocycles. The molecule has 0 unspecified atom stereocenters. The maximum Gasteiger partial charge on any atom is 0.233 e. The molecule has 0 spiro atoms. The number of hydrogen-bond acceptors (Lipinski definition) is 4. The standard InChI is InChI=1S/C12H15N5O/c1-3-18-10-8-6-4-5-7(2)9(8)15-12(16-10)17-11(13)14/h4-6H,3H2,1-2H3,(H4,13,14,15,16,17). The molecule has 94 valence electrons. The van der Waals surface area contributed by atoms with E-state index in [2.05, 4.69) is 15.3 Å². The van der Waals surface area contributed by atoms with Crippen LogP contribution < -0.4 is 15.8 Å². The molecule has 18 heavy (non-hydrogen) atoms. The molecular formula is C12H15N5O. The SMILES string of the molecule is CCOc1nc(NC(=N)N)nc2c(C)cccc12. The van der Waals surface area contributed by atoms with Crippen molar-refractivity contribution in [2.45, 2.75) is 13.8 Å². The first kappa shape index (κ1) is 12.1. The molecule has 0 bridgehead atoms. The summed E-state index contributed by atoms with van der Waals surface area (Å²) in [5.41, 5.74) is 7.09. The number of ether oxygens (including phenoxy) is 1. The van der Waals surface area contributed by atoms with E-state index in [9.17, 15) is 0 Å². The number of nitrogens with two attached hydrogens (primary N) is 1. The number of aromatic nitrogens is 2. The van der Waals surface area contributed by atoms with Crippen LogP contribution in [0.25, 0.3) is 10.9 Å². The van der Waals surface area contributed by atoms with Gasteiger partial charge in [0.1, 0.15) is 0 Å². The summed E-state index contributed by atoms with van der Waals surface area (Å²) in [6, 6.07) is 5.80. The molecule has 2 aromatic rings. The average molecular weight is 245 g/mol. The summed E-state index contributed by atoms with van der Waals surface area (Å²) in [7, 11) is 0. The zero-order chi connectivity index (χ0) is 13.1. The molecule has 0 amide bonds. The van der Waals surface area contributed by atoms with Gasteiger partial charge in [-0.3, -0.25) is 10.7 Å². The van der Waals surface area contributed by atoms with E-state index in [1.807, 2.05) is 32.0 Å². The fraction of sp³-hybridized carbons (Fsp3) is 0.250. The van der Waals surface area contributed by atoms with Crippen molar-refractivity contribution in [2.75, 3.05) is 11.9 Å². The highest BCUT2D eigenvalue weighted by Gasteiger charge is 2.10. The van der Waals surface area contributed by atoms with Gasteiger partial charge in [-0.15, -0.1) is 0 Å². The van der Waals surface area contributed by atoms with E-state index in [1.54, 1.807) is 0 Å². The van der Waals surface area contributed by atoms with Crippen LogP contribution in [0.15, 0.2) is 18.2 Å². The van der Waals surface area contributed by atoms with Crippen molar-refractivity contribution in [2.24, 2.45) is 5.73 Å². The molecule has 1 heterocycles. The molecular weight excluding hydrogens is 230 g/mol. The predicted molar refractivity (Wildman–Crippen MR) is 71.0 cm³/mol. The monoisotopic (exact) mass is 245 g/mol. The Bertz CT molecular complexity index is 596. The van der Waals surface area contributed by atoms with Crippen LogP contribution in [-0.4, -0.2) is 22.5 Å². The van der Waals surface area contributed by atoms with Gasteiger partial charge in [-0.05, 0) is 25.5 Å². The lowest BCUT2D eigenvalue weighted by Gasteiger charge is -2.10. The zero-order valence-corrected chi connectivity index (χ0v) is 10.3. The van der Waals surface area contributed by atoms with Crippen molar-refractivity contribution < 1.29 is 4.74 Å². The lowest BCUT2D eigenvalue weighted by molar-refractivity contribution is 0.331. The number of fused-ring (bicyclic) bond motifs is 1. The third kappa shape index (κ3) is 2.32. The average Bonchev–Trinajstić information content (AvgIpc) is 2.30. The maximum atomic E-state index is 7.21. The normalized spacial score (nSPS) is 10.3. The highest BCUT2D eigenvalue weighted by atomic mass is 16.5. The van der Waals surface area contributed by atoms with Crippen LogP contribution >= 0.6 is 0 Å². The van der Waals surface area contributed by atoms with Gasteiger partial charge >= 0.3 is 0 Å². The molecule has 0 aliphatic carbocycles. The highest BCUT2D eigenvalue weighted by Crippen LogP contribution is 2.26. The Morgan fingerprint density at radius 2 is 2.22 bits per heavy atom. The van der Waals surface area contributed by atoms with Crippen LogP contribution in [-0.2, 0) is 0 Å². The van der Waals surface area contributed by atoms with Crippen molar-refractivity contribution in [1.29, 1.82) is 5.41 Å². The van der Waals surface area contributed by atoms with Gasteiger partial charge in [0.05, 0.1) is 17.5 Å². The second-order valence-electron chi connectivity index (χ2n) is 3.80. The zero-order valence-electron chi connectivity index (χ0n) is 10.3. The number of benzene rings is 1. The van der Waals surface area contributed by atoms with E-state index in [0.717, 1.165) is 16.5 Å². The summed E-state index contributed by atoms with van der Waals surface area (Å²) < 4.78 is 5.49. The molecule has 6 heteroatoms. The summed E-state index contributed by atoms with van der Waals surface area (Å²) in [5.74, 6) is 0.563. The summed E-state index contributed by atoms with van der Waals surface area (Å²) in [6.07, 6.45) is 0. The van der Waals surface area contributed by atoms with Gasteiger partial charge < -0.3 is 10.5 Å². The number of aryl methyl sites for hydroxylation is 1. The number of guanidine groups is 1. The van der Waals surface area contributed by atoms with E-state index in [0.29, 0.717) is 12.5 Å². The van der Waals surface area contributed by atoms with E-state index in [-0.39, 0.29) is 11.9 Å². The van der Waals surface area contributed by atoms with E-state index in [4.69, 9.17) is 15.9 Å². The minimum absolute atomic E-state index is 0.203. The molecule has 0 saturated heterocycles. The van der Waals surface area contributed by atoms with E-state index < -0.39 is 0 Å². The van der Waals surface area contributed by atoms with Gasteiger partial charge in [0.15, 0.2) is 5.96 Å². The van der Waals surface area contributed by atoms with Crippen molar-refractivity contribution in [3.8, 4) is 5.88 Å².